The van der Waals surface area contributed by atoms with E-state index in [1.165, 1.54) is 11.1 Å². The van der Waals surface area contributed by atoms with Crippen molar-refractivity contribution in [3.05, 3.63) is 34.5 Å². The molecule has 0 radical (unpaired) electrons. The van der Waals surface area contributed by atoms with Crippen LogP contribution in [-0.4, -0.2) is 0 Å². The smallest absolute Gasteiger partial charge is 0.0340 e. The van der Waals surface area contributed by atoms with Crippen LogP contribution in [0.4, 0.5) is 0 Å². The second kappa shape index (κ2) is 4.43. The van der Waals surface area contributed by atoms with Crippen LogP contribution in [0, 0.1) is 0 Å². The molecule has 1 aromatic heterocycles. The number of nitrogens with two attached hydrogens (primary N) is 1. The summed E-state index contributed by atoms with van der Waals surface area (Å²) in [6.07, 6.45) is 1.94. The number of hydrogen-bond donors (Lipinski definition) is 1. The Kier molecular flexibility index (Phi) is 3.50. The van der Waals surface area contributed by atoms with E-state index in [2.05, 4.69) is 30.3 Å². The minimum Gasteiger partial charge on any atom is -0.324 e. The highest BCUT2D eigenvalue weighted by Crippen LogP contribution is 2.21. The summed E-state index contributed by atoms with van der Waals surface area (Å²) in [6, 6.07) is 2.22. The van der Waals surface area contributed by atoms with Gasteiger partial charge < -0.3 is 5.73 Å². The maximum absolute atomic E-state index is 5.96. The molecular weight excluding hydrogens is 166 g/mol. The van der Waals surface area contributed by atoms with Crippen LogP contribution in [0.3, 0.4) is 0 Å². The summed E-state index contributed by atoms with van der Waals surface area (Å²) >= 11 is 1.69. The van der Waals surface area contributed by atoms with Crippen molar-refractivity contribution in [1.82, 2.24) is 0 Å². The van der Waals surface area contributed by atoms with E-state index in [0.717, 1.165) is 12.8 Å². The van der Waals surface area contributed by atoms with Gasteiger partial charge in [0.2, 0.25) is 0 Å². The highest BCUT2D eigenvalue weighted by Gasteiger charge is 2.06. The third-order valence-corrected chi connectivity index (χ3v) is 2.68. The highest BCUT2D eigenvalue weighted by molar-refractivity contribution is 7.07. The van der Waals surface area contributed by atoms with Gasteiger partial charge in [-0.3, -0.25) is 0 Å². The minimum absolute atomic E-state index is 0.142. The maximum Gasteiger partial charge on any atom is 0.0340 e. The van der Waals surface area contributed by atoms with Crippen molar-refractivity contribution in [3.8, 4) is 0 Å². The van der Waals surface area contributed by atoms with Crippen molar-refractivity contribution in [3.63, 3.8) is 0 Å². The van der Waals surface area contributed by atoms with E-state index in [9.17, 15) is 0 Å². The van der Waals surface area contributed by atoms with Gasteiger partial charge in [-0.05, 0) is 35.2 Å². The van der Waals surface area contributed by atoms with Crippen LogP contribution in [0.15, 0.2) is 29.0 Å². The summed E-state index contributed by atoms with van der Waals surface area (Å²) in [5.41, 5.74) is 8.42. The molecule has 0 saturated heterocycles. The Morgan fingerprint density at radius 1 is 1.75 bits per heavy atom. The Balaban J connectivity index is 2.49. The Bertz CT molecular complexity index is 238. The van der Waals surface area contributed by atoms with Crippen molar-refractivity contribution >= 4 is 11.3 Å². The van der Waals surface area contributed by atoms with E-state index < -0.39 is 0 Å². The molecule has 1 unspecified atom stereocenters. The molecule has 2 N–H and O–H groups in total. The summed E-state index contributed by atoms with van der Waals surface area (Å²) in [4.78, 5) is 0. The number of thiophene rings is 1. The van der Waals surface area contributed by atoms with Crippen LogP contribution in [0.25, 0.3) is 0 Å². The molecule has 0 fully saturated rings. The van der Waals surface area contributed by atoms with Gasteiger partial charge in [-0.2, -0.15) is 11.3 Å². The summed E-state index contributed by atoms with van der Waals surface area (Å²) in [7, 11) is 0. The van der Waals surface area contributed by atoms with Gasteiger partial charge >= 0.3 is 0 Å². The lowest BCUT2D eigenvalue weighted by molar-refractivity contribution is 0.704. The van der Waals surface area contributed by atoms with E-state index in [1.54, 1.807) is 11.3 Å². The van der Waals surface area contributed by atoms with E-state index >= 15 is 0 Å². The predicted molar refractivity (Wildman–Crippen MR) is 55.3 cm³/mol. The second-order valence-corrected chi connectivity index (χ2v) is 3.75. The Morgan fingerprint density at radius 2 is 2.50 bits per heavy atom. The first-order valence-electron chi connectivity index (χ1n) is 4.18. The molecule has 1 heterocycles. The topological polar surface area (TPSA) is 26.0 Å². The molecule has 0 aliphatic heterocycles. The van der Waals surface area contributed by atoms with Gasteiger partial charge in [0.25, 0.3) is 0 Å². The van der Waals surface area contributed by atoms with Crippen LogP contribution < -0.4 is 5.73 Å². The average Bonchev–Trinajstić information content (AvgIpc) is 2.56. The third kappa shape index (κ3) is 2.47. The van der Waals surface area contributed by atoms with Crippen molar-refractivity contribution in [2.24, 2.45) is 5.73 Å². The molecule has 1 aromatic rings. The second-order valence-electron chi connectivity index (χ2n) is 2.97. The molecule has 0 saturated carbocycles. The molecular formula is C10H15NS. The fourth-order valence-electron chi connectivity index (χ4n) is 1.06. The van der Waals surface area contributed by atoms with Gasteiger partial charge in [0.15, 0.2) is 0 Å². The normalized spacial score (nSPS) is 12.8. The van der Waals surface area contributed by atoms with Crippen molar-refractivity contribution in [2.45, 2.75) is 25.8 Å². The zero-order valence-electron chi connectivity index (χ0n) is 7.42. The Hall–Kier alpha value is -0.600. The fourth-order valence-corrected chi connectivity index (χ4v) is 1.78. The van der Waals surface area contributed by atoms with Gasteiger partial charge in [0, 0.05) is 6.04 Å². The van der Waals surface area contributed by atoms with Crippen molar-refractivity contribution in [2.75, 3.05) is 0 Å². The minimum atomic E-state index is 0.142. The average molecular weight is 181 g/mol. The third-order valence-electron chi connectivity index (χ3n) is 1.98. The van der Waals surface area contributed by atoms with Gasteiger partial charge in [-0.25, -0.2) is 0 Å². The van der Waals surface area contributed by atoms with Crippen LogP contribution in [0.2, 0.25) is 0 Å². The first-order valence-corrected chi connectivity index (χ1v) is 5.12. The van der Waals surface area contributed by atoms with Crippen LogP contribution in [-0.2, 0) is 0 Å². The van der Waals surface area contributed by atoms with Crippen LogP contribution >= 0.6 is 11.3 Å². The monoisotopic (exact) mass is 181 g/mol. The lowest BCUT2D eigenvalue weighted by Crippen LogP contribution is -2.09. The number of hydrogen-bond acceptors (Lipinski definition) is 2. The van der Waals surface area contributed by atoms with E-state index in [4.69, 9.17) is 5.73 Å². The standard InChI is InChI=1S/C10H15NS/c1-3-8(2)6-10(11)9-4-5-12-7-9/h4-5,7,10H,2-3,6,11H2,1H3. The van der Waals surface area contributed by atoms with E-state index in [-0.39, 0.29) is 6.04 Å². The first-order chi connectivity index (χ1) is 5.74. The zero-order valence-corrected chi connectivity index (χ0v) is 8.23. The summed E-state index contributed by atoms with van der Waals surface area (Å²) < 4.78 is 0. The maximum atomic E-state index is 5.96. The molecule has 2 heteroatoms. The zero-order chi connectivity index (χ0) is 8.97. The van der Waals surface area contributed by atoms with Crippen LogP contribution in [0.1, 0.15) is 31.4 Å². The largest absolute Gasteiger partial charge is 0.324 e. The van der Waals surface area contributed by atoms with E-state index in [0.29, 0.717) is 0 Å². The predicted octanol–water partition coefficient (Wildman–Crippen LogP) is 3.10. The van der Waals surface area contributed by atoms with Gasteiger partial charge in [-0.15, -0.1) is 0 Å². The molecule has 1 nitrogen and oxygen atoms in total. The van der Waals surface area contributed by atoms with E-state index in [1.807, 2.05) is 0 Å². The molecule has 0 amide bonds. The molecule has 0 spiro atoms. The highest BCUT2D eigenvalue weighted by atomic mass is 32.1. The molecule has 0 bridgehead atoms. The molecule has 12 heavy (non-hydrogen) atoms. The number of rotatable bonds is 4. The van der Waals surface area contributed by atoms with Crippen molar-refractivity contribution < 1.29 is 0 Å². The molecule has 66 valence electrons. The lowest BCUT2D eigenvalue weighted by atomic mass is 10.0. The fraction of sp³-hybridized carbons (Fsp3) is 0.400. The molecule has 0 aromatic carbocycles. The van der Waals surface area contributed by atoms with Gasteiger partial charge in [0.05, 0.1) is 0 Å². The van der Waals surface area contributed by atoms with Crippen molar-refractivity contribution in [1.29, 1.82) is 0 Å². The molecule has 0 aliphatic carbocycles. The summed E-state index contributed by atoms with van der Waals surface area (Å²) in [5, 5.41) is 4.16. The molecule has 0 aliphatic rings. The lowest BCUT2D eigenvalue weighted by Gasteiger charge is -2.10. The quantitative estimate of drug-likeness (QED) is 0.710. The van der Waals surface area contributed by atoms with Gasteiger partial charge in [-0.1, -0.05) is 19.1 Å². The first kappa shape index (κ1) is 9.49. The Morgan fingerprint density at radius 3 is 3.00 bits per heavy atom. The summed E-state index contributed by atoms with van der Waals surface area (Å²) in [5.74, 6) is 0. The van der Waals surface area contributed by atoms with Crippen LogP contribution in [0.5, 0.6) is 0 Å². The Labute approximate surface area is 77.9 Å². The molecule has 1 rings (SSSR count). The molecule has 1 atom stereocenters. The summed E-state index contributed by atoms with van der Waals surface area (Å²) in [6.45, 7) is 6.06. The SMILES string of the molecule is C=C(CC)CC(N)c1ccsc1. The van der Waals surface area contributed by atoms with Gasteiger partial charge in [0.1, 0.15) is 0 Å².